The molecule has 29 heavy (non-hydrogen) atoms. The molecule has 0 fully saturated rings. The largest absolute Gasteiger partial charge is 0.370 e. The fraction of sp³-hybridized carbons (Fsp3) is 0.192. The van der Waals surface area contributed by atoms with Crippen molar-refractivity contribution in [3.05, 3.63) is 95.6 Å². The summed E-state index contributed by atoms with van der Waals surface area (Å²) in [5.74, 6) is 0.609. The second kappa shape index (κ2) is 7.96. The van der Waals surface area contributed by atoms with Crippen molar-refractivity contribution in [2.45, 2.75) is 18.9 Å². The maximum absolute atomic E-state index is 6.08. The van der Waals surface area contributed by atoms with Crippen LogP contribution in [0.5, 0.6) is 0 Å². The van der Waals surface area contributed by atoms with Crippen LogP contribution in [0.1, 0.15) is 30.0 Å². The molecule has 3 nitrogen and oxygen atoms in total. The van der Waals surface area contributed by atoms with Gasteiger partial charge in [-0.3, -0.25) is 0 Å². The van der Waals surface area contributed by atoms with Crippen LogP contribution in [0.3, 0.4) is 0 Å². The summed E-state index contributed by atoms with van der Waals surface area (Å²) < 4.78 is 0. The van der Waals surface area contributed by atoms with Crippen LogP contribution < -0.4 is 5.73 Å². The molecule has 0 saturated carbocycles. The van der Waals surface area contributed by atoms with E-state index in [9.17, 15) is 0 Å². The van der Waals surface area contributed by atoms with E-state index in [-0.39, 0.29) is 5.54 Å². The van der Waals surface area contributed by atoms with Gasteiger partial charge in [-0.05, 0) is 47.2 Å². The van der Waals surface area contributed by atoms with Crippen molar-refractivity contribution in [1.29, 1.82) is 0 Å². The van der Waals surface area contributed by atoms with Gasteiger partial charge in [0.05, 0.1) is 5.54 Å². The molecule has 0 spiro atoms. The van der Waals surface area contributed by atoms with Crippen LogP contribution in [0, 0.1) is 0 Å². The van der Waals surface area contributed by atoms with Crippen molar-refractivity contribution < 1.29 is 0 Å². The van der Waals surface area contributed by atoms with Gasteiger partial charge in [-0.1, -0.05) is 84.9 Å². The minimum absolute atomic E-state index is 0.266. The molecule has 0 aromatic heterocycles. The first-order chi connectivity index (χ1) is 14.0. The topological polar surface area (TPSA) is 41.6 Å². The van der Waals surface area contributed by atoms with Gasteiger partial charge in [-0.2, -0.15) is 0 Å². The smallest absolute Gasteiger partial charge is 0.191 e. The molecule has 4 rings (SSSR count). The van der Waals surface area contributed by atoms with Gasteiger partial charge in [0.15, 0.2) is 5.96 Å². The maximum atomic E-state index is 6.08. The van der Waals surface area contributed by atoms with Crippen LogP contribution in [0.4, 0.5) is 0 Å². The van der Waals surface area contributed by atoms with E-state index in [4.69, 9.17) is 10.7 Å². The molecule has 146 valence electrons. The third-order valence-corrected chi connectivity index (χ3v) is 5.68. The maximum Gasteiger partial charge on any atom is 0.191 e. The standard InChI is InChI=1S/C26H27N3/c1-26(17-18-29(2)25(27)28-26)24-10-6-7-21(19-24)12-11-20-13-15-23(16-14-20)22-8-4-3-5-9-22/h3-16,19H,17-18H2,1-2H3,(H2,27,28)/b12-11+. The first kappa shape index (κ1) is 19.0. The fourth-order valence-electron chi connectivity index (χ4n) is 3.69. The zero-order chi connectivity index (χ0) is 20.3. The summed E-state index contributed by atoms with van der Waals surface area (Å²) in [6.45, 7) is 3.08. The summed E-state index contributed by atoms with van der Waals surface area (Å²) in [5, 5.41) is 0. The van der Waals surface area contributed by atoms with Gasteiger partial charge in [0.25, 0.3) is 0 Å². The number of rotatable bonds is 4. The SMILES string of the molecule is CN1CCC(C)(c2cccc(/C=C/c3ccc(-c4ccccc4)cc3)c2)N=C1N. The van der Waals surface area contributed by atoms with Crippen molar-refractivity contribution in [3.8, 4) is 11.1 Å². The Morgan fingerprint density at radius 2 is 1.55 bits per heavy atom. The van der Waals surface area contributed by atoms with Gasteiger partial charge in [0.2, 0.25) is 0 Å². The van der Waals surface area contributed by atoms with E-state index >= 15 is 0 Å². The number of nitrogens with two attached hydrogens (primary N) is 1. The third kappa shape index (κ3) is 4.24. The number of benzene rings is 3. The summed E-state index contributed by atoms with van der Waals surface area (Å²) in [4.78, 5) is 6.76. The summed E-state index contributed by atoms with van der Waals surface area (Å²) in [5.41, 5.74) is 11.8. The Morgan fingerprint density at radius 1 is 0.862 bits per heavy atom. The van der Waals surface area contributed by atoms with E-state index in [0.717, 1.165) is 13.0 Å². The lowest BCUT2D eigenvalue weighted by Crippen LogP contribution is -2.43. The highest BCUT2D eigenvalue weighted by Gasteiger charge is 2.30. The number of hydrogen-bond acceptors (Lipinski definition) is 3. The molecule has 3 aromatic rings. The molecule has 0 saturated heterocycles. The lowest BCUT2D eigenvalue weighted by Gasteiger charge is -2.35. The van der Waals surface area contributed by atoms with E-state index in [1.807, 2.05) is 18.0 Å². The molecule has 0 radical (unpaired) electrons. The number of nitrogens with zero attached hydrogens (tertiary/aromatic N) is 2. The van der Waals surface area contributed by atoms with E-state index in [2.05, 4.69) is 91.9 Å². The second-order valence-corrected chi connectivity index (χ2v) is 7.86. The Hall–Kier alpha value is -3.33. The Kier molecular flexibility index (Phi) is 5.22. The van der Waals surface area contributed by atoms with Gasteiger partial charge in [-0.25, -0.2) is 4.99 Å². The van der Waals surface area contributed by atoms with Gasteiger partial charge >= 0.3 is 0 Å². The molecular weight excluding hydrogens is 354 g/mol. The molecule has 1 aliphatic heterocycles. The monoisotopic (exact) mass is 381 g/mol. The number of hydrogen-bond donors (Lipinski definition) is 1. The highest BCUT2D eigenvalue weighted by molar-refractivity contribution is 5.79. The molecule has 3 aromatic carbocycles. The van der Waals surface area contributed by atoms with Crippen molar-refractivity contribution >= 4 is 18.1 Å². The van der Waals surface area contributed by atoms with Gasteiger partial charge < -0.3 is 10.6 Å². The molecule has 1 atom stereocenters. The molecule has 3 heteroatoms. The third-order valence-electron chi connectivity index (χ3n) is 5.68. The van der Waals surface area contributed by atoms with E-state index in [1.54, 1.807) is 0 Å². The van der Waals surface area contributed by atoms with Gasteiger partial charge in [-0.15, -0.1) is 0 Å². The summed E-state index contributed by atoms with van der Waals surface area (Å²) in [6, 6.07) is 27.7. The highest BCUT2D eigenvalue weighted by atomic mass is 15.3. The van der Waals surface area contributed by atoms with E-state index in [0.29, 0.717) is 5.96 Å². The fourth-order valence-corrected chi connectivity index (χ4v) is 3.69. The minimum Gasteiger partial charge on any atom is -0.370 e. The Morgan fingerprint density at radius 3 is 2.28 bits per heavy atom. The Bertz CT molecular complexity index is 1040. The lowest BCUT2D eigenvalue weighted by atomic mass is 9.87. The normalized spacial score (nSPS) is 19.4. The van der Waals surface area contributed by atoms with E-state index in [1.165, 1.54) is 27.8 Å². The molecular formula is C26H27N3. The Labute approximate surface area is 173 Å². The van der Waals surface area contributed by atoms with Gasteiger partial charge in [0, 0.05) is 13.6 Å². The zero-order valence-corrected chi connectivity index (χ0v) is 17.0. The van der Waals surface area contributed by atoms with Crippen LogP contribution in [0.2, 0.25) is 0 Å². The lowest BCUT2D eigenvalue weighted by molar-refractivity contribution is 0.339. The van der Waals surface area contributed by atoms with Gasteiger partial charge in [0.1, 0.15) is 0 Å². The predicted octanol–water partition coefficient (Wildman–Crippen LogP) is 5.39. The first-order valence-corrected chi connectivity index (χ1v) is 10.0. The first-order valence-electron chi connectivity index (χ1n) is 10.0. The van der Waals surface area contributed by atoms with Crippen molar-refractivity contribution in [2.24, 2.45) is 10.7 Å². The van der Waals surface area contributed by atoms with E-state index < -0.39 is 0 Å². The Balaban J connectivity index is 1.53. The van der Waals surface area contributed by atoms with Crippen molar-refractivity contribution in [2.75, 3.05) is 13.6 Å². The average Bonchev–Trinajstić information content (AvgIpc) is 2.76. The van der Waals surface area contributed by atoms with Crippen LogP contribution in [0.25, 0.3) is 23.3 Å². The summed E-state index contributed by atoms with van der Waals surface area (Å²) in [6.07, 6.45) is 5.27. The van der Waals surface area contributed by atoms with Crippen molar-refractivity contribution in [3.63, 3.8) is 0 Å². The molecule has 1 unspecified atom stereocenters. The van der Waals surface area contributed by atoms with Crippen LogP contribution in [-0.4, -0.2) is 24.5 Å². The average molecular weight is 382 g/mol. The molecule has 0 aliphatic carbocycles. The number of aliphatic imine (C=N–C) groups is 1. The highest BCUT2D eigenvalue weighted by Crippen LogP contribution is 2.32. The minimum atomic E-state index is -0.266. The molecule has 2 N–H and O–H groups in total. The summed E-state index contributed by atoms with van der Waals surface area (Å²) in [7, 11) is 1.99. The predicted molar refractivity (Wildman–Crippen MR) is 123 cm³/mol. The quantitative estimate of drug-likeness (QED) is 0.616. The molecule has 1 heterocycles. The van der Waals surface area contributed by atoms with Crippen molar-refractivity contribution in [1.82, 2.24) is 4.90 Å². The second-order valence-electron chi connectivity index (χ2n) is 7.86. The number of guanidine groups is 1. The molecule has 0 amide bonds. The summed E-state index contributed by atoms with van der Waals surface area (Å²) >= 11 is 0. The van der Waals surface area contributed by atoms with Crippen LogP contribution in [-0.2, 0) is 5.54 Å². The van der Waals surface area contributed by atoms with Crippen LogP contribution >= 0.6 is 0 Å². The zero-order valence-electron chi connectivity index (χ0n) is 17.0. The molecule has 1 aliphatic rings. The van der Waals surface area contributed by atoms with Crippen LogP contribution in [0.15, 0.2) is 83.9 Å². The molecule has 0 bridgehead atoms.